The molecule has 106 valence electrons. The van der Waals surface area contributed by atoms with Gasteiger partial charge in [0, 0.05) is 31.2 Å². The van der Waals surface area contributed by atoms with Crippen LogP contribution in [0.2, 0.25) is 0 Å². The quantitative estimate of drug-likeness (QED) is 0.780. The van der Waals surface area contributed by atoms with Crippen molar-refractivity contribution >= 4 is 0 Å². The summed E-state index contributed by atoms with van der Waals surface area (Å²) in [5.74, 6) is 0. The van der Waals surface area contributed by atoms with Crippen molar-refractivity contribution in [2.45, 2.75) is 64.6 Å². The summed E-state index contributed by atoms with van der Waals surface area (Å²) in [7, 11) is 0. The molecule has 0 aromatic heterocycles. The Kier molecular flexibility index (Phi) is 5.46. The number of hydrogen-bond acceptors (Lipinski definition) is 3. The predicted octanol–water partition coefficient (Wildman–Crippen LogP) is 1.93. The van der Waals surface area contributed by atoms with E-state index in [1.807, 2.05) is 0 Å². The Bertz CT molecular complexity index is 238. The Hall–Kier alpha value is -0.120. The number of nitrogens with one attached hydrogen (secondary N) is 1. The molecule has 3 unspecified atom stereocenters. The molecule has 0 spiro atoms. The van der Waals surface area contributed by atoms with Crippen LogP contribution < -0.4 is 5.32 Å². The summed E-state index contributed by atoms with van der Waals surface area (Å²) in [6.45, 7) is 13.3. The molecule has 3 nitrogen and oxygen atoms in total. The van der Waals surface area contributed by atoms with Crippen molar-refractivity contribution in [3.8, 4) is 0 Å². The summed E-state index contributed by atoms with van der Waals surface area (Å²) in [6, 6.07) is 2.23. The van der Waals surface area contributed by atoms with E-state index in [0.29, 0.717) is 6.04 Å². The van der Waals surface area contributed by atoms with E-state index < -0.39 is 0 Å². The van der Waals surface area contributed by atoms with Gasteiger partial charge in [-0.25, -0.2) is 0 Å². The molecule has 1 N–H and O–H groups in total. The van der Waals surface area contributed by atoms with Crippen molar-refractivity contribution in [1.29, 1.82) is 0 Å². The van der Waals surface area contributed by atoms with Crippen molar-refractivity contribution in [3.63, 3.8) is 0 Å². The molecule has 3 atom stereocenters. The number of rotatable bonds is 6. The van der Waals surface area contributed by atoms with Gasteiger partial charge in [0.05, 0.1) is 0 Å². The van der Waals surface area contributed by atoms with Crippen LogP contribution in [0, 0.1) is 0 Å². The zero-order valence-corrected chi connectivity index (χ0v) is 12.5. The second-order valence-corrected chi connectivity index (χ2v) is 6.22. The largest absolute Gasteiger partial charge is 0.314 e. The van der Waals surface area contributed by atoms with E-state index in [-0.39, 0.29) is 0 Å². The minimum Gasteiger partial charge on any atom is -0.314 e. The normalized spacial score (nSPS) is 29.8. The van der Waals surface area contributed by atoms with Crippen LogP contribution in [0.1, 0.15) is 46.5 Å². The Morgan fingerprint density at radius 3 is 2.56 bits per heavy atom. The van der Waals surface area contributed by atoms with Crippen LogP contribution in [0.15, 0.2) is 0 Å². The monoisotopic (exact) mass is 253 g/mol. The minimum absolute atomic E-state index is 0.649. The molecule has 0 radical (unpaired) electrons. The predicted molar refractivity (Wildman–Crippen MR) is 78.0 cm³/mol. The summed E-state index contributed by atoms with van der Waals surface area (Å²) in [5.41, 5.74) is 0. The van der Waals surface area contributed by atoms with Crippen molar-refractivity contribution < 1.29 is 0 Å². The SMILES string of the molecule is CCNC(C)CC(C)N1CCC(N2CCCC2)C1. The topological polar surface area (TPSA) is 18.5 Å². The third kappa shape index (κ3) is 3.69. The lowest BCUT2D eigenvalue weighted by molar-refractivity contribution is 0.194. The lowest BCUT2D eigenvalue weighted by atomic mass is 10.1. The number of nitrogens with zero attached hydrogens (tertiary/aromatic N) is 2. The van der Waals surface area contributed by atoms with Crippen LogP contribution in [0.25, 0.3) is 0 Å². The molecule has 2 aliphatic rings. The van der Waals surface area contributed by atoms with E-state index in [4.69, 9.17) is 0 Å². The molecule has 0 aliphatic carbocycles. The third-order valence-corrected chi connectivity index (χ3v) is 4.72. The highest BCUT2D eigenvalue weighted by Gasteiger charge is 2.31. The van der Waals surface area contributed by atoms with Crippen molar-refractivity contribution in [2.24, 2.45) is 0 Å². The zero-order valence-electron chi connectivity index (χ0n) is 12.5. The molecule has 0 amide bonds. The van der Waals surface area contributed by atoms with E-state index in [2.05, 4.69) is 35.9 Å². The number of likely N-dealkylation sites (tertiary alicyclic amines) is 2. The Labute approximate surface area is 113 Å². The first kappa shape index (κ1) is 14.3. The first-order chi connectivity index (χ1) is 8.70. The second kappa shape index (κ2) is 6.88. The van der Waals surface area contributed by atoms with Gasteiger partial charge in [-0.3, -0.25) is 9.80 Å². The molecule has 3 heteroatoms. The standard InChI is InChI=1S/C15H31N3/c1-4-16-13(2)11-14(3)18-10-7-15(12-18)17-8-5-6-9-17/h13-16H,4-12H2,1-3H3. The average Bonchev–Trinajstić information content (AvgIpc) is 3.00. The van der Waals surface area contributed by atoms with Crippen LogP contribution in [0.3, 0.4) is 0 Å². The first-order valence-electron chi connectivity index (χ1n) is 7.92. The van der Waals surface area contributed by atoms with E-state index in [9.17, 15) is 0 Å². The van der Waals surface area contributed by atoms with E-state index >= 15 is 0 Å². The van der Waals surface area contributed by atoms with Crippen molar-refractivity contribution in [2.75, 3.05) is 32.7 Å². The van der Waals surface area contributed by atoms with Gasteiger partial charge in [0.15, 0.2) is 0 Å². The van der Waals surface area contributed by atoms with Gasteiger partial charge in [0.25, 0.3) is 0 Å². The van der Waals surface area contributed by atoms with Crippen LogP contribution in [-0.2, 0) is 0 Å². The van der Waals surface area contributed by atoms with Gasteiger partial charge in [-0.1, -0.05) is 6.92 Å². The van der Waals surface area contributed by atoms with Gasteiger partial charge in [0.1, 0.15) is 0 Å². The lowest BCUT2D eigenvalue weighted by Crippen LogP contribution is -2.40. The molecule has 2 saturated heterocycles. The Morgan fingerprint density at radius 2 is 1.89 bits per heavy atom. The fourth-order valence-electron chi connectivity index (χ4n) is 3.67. The summed E-state index contributed by atoms with van der Waals surface area (Å²) >= 11 is 0. The fourth-order valence-corrected chi connectivity index (χ4v) is 3.67. The summed E-state index contributed by atoms with van der Waals surface area (Å²) in [6.07, 6.45) is 5.51. The molecule has 2 rings (SSSR count). The maximum Gasteiger partial charge on any atom is 0.0235 e. The maximum atomic E-state index is 3.53. The molecule has 2 aliphatic heterocycles. The fraction of sp³-hybridized carbons (Fsp3) is 1.00. The van der Waals surface area contributed by atoms with Crippen LogP contribution >= 0.6 is 0 Å². The second-order valence-electron chi connectivity index (χ2n) is 6.22. The van der Waals surface area contributed by atoms with E-state index in [1.54, 1.807) is 0 Å². The van der Waals surface area contributed by atoms with Gasteiger partial charge in [-0.05, 0) is 59.2 Å². The smallest absolute Gasteiger partial charge is 0.0235 e. The van der Waals surface area contributed by atoms with Crippen LogP contribution in [-0.4, -0.2) is 60.6 Å². The molecule has 18 heavy (non-hydrogen) atoms. The van der Waals surface area contributed by atoms with Crippen LogP contribution in [0.4, 0.5) is 0 Å². The highest BCUT2D eigenvalue weighted by Crippen LogP contribution is 2.22. The molecule has 2 heterocycles. The molecule has 0 bridgehead atoms. The summed E-state index contributed by atoms with van der Waals surface area (Å²) in [4.78, 5) is 5.43. The minimum atomic E-state index is 0.649. The van der Waals surface area contributed by atoms with Gasteiger partial charge in [-0.2, -0.15) is 0 Å². The molecule has 0 aromatic rings. The third-order valence-electron chi connectivity index (χ3n) is 4.72. The highest BCUT2D eigenvalue weighted by molar-refractivity contribution is 4.88. The molecule has 0 saturated carbocycles. The van der Waals surface area contributed by atoms with Gasteiger partial charge in [0.2, 0.25) is 0 Å². The molecule has 2 fully saturated rings. The van der Waals surface area contributed by atoms with Crippen molar-refractivity contribution in [3.05, 3.63) is 0 Å². The number of hydrogen-bond donors (Lipinski definition) is 1. The summed E-state index contributed by atoms with van der Waals surface area (Å²) in [5, 5.41) is 3.53. The Morgan fingerprint density at radius 1 is 1.17 bits per heavy atom. The van der Waals surface area contributed by atoms with E-state index in [0.717, 1.165) is 18.6 Å². The van der Waals surface area contributed by atoms with Crippen molar-refractivity contribution in [1.82, 2.24) is 15.1 Å². The average molecular weight is 253 g/mol. The zero-order chi connectivity index (χ0) is 13.0. The molecular weight excluding hydrogens is 222 g/mol. The molecule has 0 aromatic carbocycles. The van der Waals surface area contributed by atoms with Crippen LogP contribution in [0.5, 0.6) is 0 Å². The Balaban J connectivity index is 1.73. The van der Waals surface area contributed by atoms with Gasteiger partial charge >= 0.3 is 0 Å². The van der Waals surface area contributed by atoms with E-state index in [1.165, 1.54) is 51.9 Å². The summed E-state index contributed by atoms with van der Waals surface area (Å²) < 4.78 is 0. The van der Waals surface area contributed by atoms with Gasteiger partial charge in [-0.15, -0.1) is 0 Å². The maximum absolute atomic E-state index is 3.53. The lowest BCUT2D eigenvalue weighted by Gasteiger charge is -2.29. The first-order valence-corrected chi connectivity index (χ1v) is 7.92. The highest BCUT2D eigenvalue weighted by atomic mass is 15.3. The van der Waals surface area contributed by atoms with Gasteiger partial charge < -0.3 is 5.32 Å². The molecular formula is C15H31N3.